The van der Waals surface area contributed by atoms with Crippen molar-refractivity contribution in [1.29, 1.82) is 0 Å². The number of aromatic nitrogens is 1. The van der Waals surface area contributed by atoms with Crippen LogP contribution in [0.1, 0.15) is 16.8 Å². The van der Waals surface area contributed by atoms with E-state index >= 15 is 0 Å². The first-order valence-electron chi connectivity index (χ1n) is 8.73. The number of hydrogen-bond acceptors (Lipinski definition) is 5. The quantitative estimate of drug-likeness (QED) is 0.487. The molecule has 142 valence electrons. The predicted octanol–water partition coefficient (Wildman–Crippen LogP) is 5.16. The molecule has 4 nitrogen and oxygen atoms in total. The fourth-order valence-electron chi connectivity index (χ4n) is 2.84. The van der Waals surface area contributed by atoms with Crippen LogP contribution in [0, 0.1) is 0 Å². The molecule has 27 heavy (non-hydrogen) atoms. The summed E-state index contributed by atoms with van der Waals surface area (Å²) in [7, 11) is 5.80. The van der Waals surface area contributed by atoms with Crippen LogP contribution in [-0.2, 0) is 19.0 Å². The second-order valence-corrected chi connectivity index (χ2v) is 7.63. The molecule has 6 heteroatoms. The zero-order valence-corrected chi connectivity index (χ0v) is 17.4. The van der Waals surface area contributed by atoms with E-state index in [1.54, 1.807) is 18.4 Å². The van der Waals surface area contributed by atoms with Crippen molar-refractivity contribution in [3.05, 3.63) is 70.7 Å². The fourth-order valence-corrected chi connectivity index (χ4v) is 3.89. The summed E-state index contributed by atoms with van der Waals surface area (Å²) in [5.74, 6) is 1.29. The molecular formula is C21H24ClN3OS. The number of ether oxygens (including phenoxy) is 1. The number of benzene rings is 2. The van der Waals surface area contributed by atoms with Crippen molar-refractivity contribution in [2.75, 3.05) is 31.0 Å². The Balaban J connectivity index is 1.88. The Morgan fingerprint density at radius 3 is 2.37 bits per heavy atom. The Hall–Kier alpha value is -2.24. The number of thiazole rings is 1. The van der Waals surface area contributed by atoms with Gasteiger partial charge in [0, 0.05) is 38.3 Å². The zero-order chi connectivity index (χ0) is 19.2. The number of anilines is 2. The molecule has 0 aliphatic rings. The average Bonchev–Trinajstić information content (AvgIpc) is 3.17. The minimum absolute atomic E-state index is 0.430. The first-order valence-corrected chi connectivity index (χ1v) is 10.1. The summed E-state index contributed by atoms with van der Waals surface area (Å²) in [5, 5.41) is 3.00. The topological polar surface area (TPSA) is 28.6 Å². The second-order valence-electron chi connectivity index (χ2n) is 6.53. The van der Waals surface area contributed by atoms with Gasteiger partial charge < -0.3 is 14.5 Å². The van der Waals surface area contributed by atoms with Gasteiger partial charge in [0.05, 0.1) is 18.7 Å². The molecule has 0 aliphatic heterocycles. The Bertz CT molecular complexity index is 881. The van der Waals surface area contributed by atoms with Gasteiger partial charge in [-0.25, -0.2) is 4.98 Å². The largest absolute Gasteiger partial charge is 0.497 e. The van der Waals surface area contributed by atoms with Gasteiger partial charge >= 0.3 is 0 Å². The molecule has 0 atom stereocenters. The first kappa shape index (κ1) is 19.5. The number of alkyl halides is 1. The highest BCUT2D eigenvalue weighted by atomic mass is 35.5. The van der Waals surface area contributed by atoms with E-state index < -0.39 is 0 Å². The van der Waals surface area contributed by atoms with Crippen LogP contribution in [0.25, 0.3) is 0 Å². The molecule has 0 unspecified atom stereocenters. The molecular weight excluding hydrogens is 378 g/mol. The SMILES string of the molecule is COc1cccc(CN(Cc2cccc(N(C)C)c2)c2nc(CCl)cs2)c1. The molecule has 0 spiro atoms. The van der Waals surface area contributed by atoms with Gasteiger partial charge in [-0.05, 0) is 35.4 Å². The lowest BCUT2D eigenvalue weighted by molar-refractivity contribution is 0.414. The van der Waals surface area contributed by atoms with Gasteiger partial charge in [-0.3, -0.25) is 0 Å². The van der Waals surface area contributed by atoms with E-state index in [4.69, 9.17) is 21.3 Å². The Kier molecular flexibility index (Phi) is 6.58. The first-order chi connectivity index (χ1) is 13.1. The molecule has 0 N–H and O–H groups in total. The molecule has 0 saturated carbocycles. The van der Waals surface area contributed by atoms with Gasteiger partial charge in [0.2, 0.25) is 0 Å². The van der Waals surface area contributed by atoms with E-state index in [2.05, 4.69) is 60.3 Å². The van der Waals surface area contributed by atoms with Crippen LogP contribution in [0.3, 0.4) is 0 Å². The van der Waals surface area contributed by atoms with Crippen LogP contribution in [0.4, 0.5) is 10.8 Å². The van der Waals surface area contributed by atoms with Crippen molar-refractivity contribution in [1.82, 2.24) is 4.98 Å². The lowest BCUT2D eigenvalue weighted by Crippen LogP contribution is -2.22. The Morgan fingerprint density at radius 2 is 1.74 bits per heavy atom. The zero-order valence-electron chi connectivity index (χ0n) is 15.9. The van der Waals surface area contributed by atoms with Crippen molar-refractivity contribution < 1.29 is 4.74 Å². The highest BCUT2D eigenvalue weighted by Gasteiger charge is 2.14. The third-order valence-electron chi connectivity index (χ3n) is 4.26. The smallest absolute Gasteiger partial charge is 0.186 e. The number of hydrogen-bond donors (Lipinski definition) is 0. The maximum absolute atomic E-state index is 5.96. The van der Waals surface area contributed by atoms with E-state index in [9.17, 15) is 0 Å². The summed E-state index contributed by atoms with van der Waals surface area (Å²) in [6.07, 6.45) is 0. The lowest BCUT2D eigenvalue weighted by atomic mass is 10.1. The number of halogens is 1. The third-order valence-corrected chi connectivity index (χ3v) is 5.48. The second kappa shape index (κ2) is 9.11. The maximum Gasteiger partial charge on any atom is 0.186 e. The molecule has 2 aromatic carbocycles. The highest BCUT2D eigenvalue weighted by Crippen LogP contribution is 2.27. The van der Waals surface area contributed by atoms with Crippen LogP contribution in [0.15, 0.2) is 53.9 Å². The molecule has 0 aliphatic carbocycles. The maximum atomic E-state index is 5.96. The summed E-state index contributed by atoms with van der Waals surface area (Å²) in [6, 6.07) is 16.7. The molecule has 0 amide bonds. The third kappa shape index (κ3) is 5.15. The van der Waals surface area contributed by atoms with E-state index in [0.29, 0.717) is 5.88 Å². The fraction of sp³-hybridized carbons (Fsp3) is 0.286. The van der Waals surface area contributed by atoms with E-state index in [-0.39, 0.29) is 0 Å². The Labute approximate surface area is 170 Å². The molecule has 1 aromatic heterocycles. The van der Waals surface area contributed by atoms with E-state index in [1.165, 1.54) is 16.8 Å². The minimum Gasteiger partial charge on any atom is -0.497 e. The average molecular weight is 402 g/mol. The van der Waals surface area contributed by atoms with Crippen LogP contribution >= 0.6 is 22.9 Å². The molecule has 0 fully saturated rings. The molecule has 0 saturated heterocycles. The Morgan fingerprint density at radius 1 is 1.04 bits per heavy atom. The van der Waals surface area contributed by atoms with Gasteiger partial charge in [-0.2, -0.15) is 0 Å². The predicted molar refractivity (Wildman–Crippen MR) is 115 cm³/mol. The summed E-state index contributed by atoms with van der Waals surface area (Å²) in [4.78, 5) is 9.09. The monoisotopic (exact) mass is 401 g/mol. The van der Waals surface area contributed by atoms with Crippen molar-refractivity contribution >= 4 is 33.8 Å². The number of rotatable bonds is 8. The summed E-state index contributed by atoms with van der Waals surface area (Å²) >= 11 is 7.59. The molecule has 3 aromatic rings. The highest BCUT2D eigenvalue weighted by molar-refractivity contribution is 7.13. The van der Waals surface area contributed by atoms with Gasteiger partial charge in [-0.1, -0.05) is 24.3 Å². The lowest BCUT2D eigenvalue weighted by Gasteiger charge is -2.23. The number of methoxy groups -OCH3 is 1. The van der Waals surface area contributed by atoms with Crippen LogP contribution in [0.5, 0.6) is 5.75 Å². The van der Waals surface area contributed by atoms with Crippen molar-refractivity contribution in [2.45, 2.75) is 19.0 Å². The molecule has 0 radical (unpaired) electrons. The van der Waals surface area contributed by atoms with Gasteiger partial charge in [0.1, 0.15) is 5.75 Å². The van der Waals surface area contributed by atoms with Crippen molar-refractivity contribution in [3.63, 3.8) is 0 Å². The van der Waals surface area contributed by atoms with Gasteiger partial charge in [0.15, 0.2) is 5.13 Å². The van der Waals surface area contributed by atoms with Crippen molar-refractivity contribution in [3.8, 4) is 5.75 Å². The summed E-state index contributed by atoms with van der Waals surface area (Å²) in [5.41, 5.74) is 4.52. The van der Waals surface area contributed by atoms with Gasteiger partial charge in [-0.15, -0.1) is 22.9 Å². The van der Waals surface area contributed by atoms with Gasteiger partial charge in [0.25, 0.3) is 0 Å². The van der Waals surface area contributed by atoms with Crippen molar-refractivity contribution in [2.24, 2.45) is 0 Å². The van der Waals surface area contributed by atoms with E-state index in [1.807, 2.05) is 17.5 Å². The minimum atomic E-state index is 0.430. The summed E-state index contributed by atoms with van der Waals surface area (Å²) < 4.78 is 5.37. The van der Waals surface area contributed by atoms with Crippen LogP contribution < -0.4 is 14.5 Å². The number of nitrogens with zero attached hydrogens (tertiary/aromatic N) is 3. The van der Waals surface area contributed by atoms with E-state index in [0.717, 1.165) is 29.7 Å². The molecule has 1 heterocycles. The normalized spacial score (nSPS) is 10.7. The van der Waals surface area contributed by atoms with Crippen LogP contribution in [0.2, 0.25) is 0 Å². The standard InChI is InChI=1S/C21H24ClN3OS/c1-24(2)19-8-4-6-16(10-19)13-25(21-23-18(12-22)15-27-21)14-17-7-5-9-20(11-17)26-3/h4-11,15H,12-14H2,1-3H3. The summed E-state index contributed by atoms with van der Waals surface area (Å²) in [6.45, 7) is 1.52. The molecule has 3 rings (SSSR count). The molecule has 0 bridgehead atoms. The van der Waals surface area contributed by atoms with Crippen LogP contribution in [-0.4, -0.2) is 26.2 Å².